The van der Waals surface area contributed by atoms with Crippen molar-refractivity contribution in [2.24, 2.45) is 5.92 Å². The molecule has 3 rings (SSSR count). The van der Waals surface area contributed by atoms with Crippen LogP contribution >= 0.6 is 22.6 Å². The molecule has 3 heterocycles. The quantitative estimate of drug-likeness (QED) is 0.412. The monoisotopic (exact) mass is 338 g/mol. The summed E-state index contributed by atoms with van der Waals surface area (Å²) in [4.78, 5) is 11.8. The number of carbonyl (C=O) groups is 1. The second kappa shape index (κ2) is 3.32. The topological polar surface area (TPSA) is 55.8 Å². The summed E-state index contributed by atoms with van der Waals surface area (Å²) in [5.41, 5.74) is -0.325. The van der Waals surface area contributed by atoms with Crippen molar-refractivity contribution in [3.8, 4) is 0 Å². The highest BCUT2D eigenvalue weighted by atomic mass is 127. The first-order valence-electron chi connectivity index (χ1n) is 5.70. The molecule has 5 atom stereocenters. The Morgan fingerprint density at radius 3 is 3.06 bits per heavy atom. The summed E-state index contributed by atoms with van der Waals surface area (Å²) < 4.78 is 11.5. The molecule has 5 heteroatoms. The van der Waals surface area contributed by atoms with Gasteiger partial charge < -0.3 is 14.6 Å². The highest BCUT2D eigenvalue weighted by Gasteiger charge is 2.61. The normalized spacial score (nSPS) is 55.7. The van der Waals surface area contributed by atoms with Crippen molar-refractivity contribution in [2.45, 2.75) is 54.0 Å². The molecule has 0 aromatic carbocycles. The average Bonchev–Trinajstić information content (AvgIpc) is 2.24. The van der Waals surface area contributed by atoms with Gasteiger partial charge in [-0.1, -0.05) is 22.6 Å². The van der Waals surface area contributed by atoms with Crippen molar-refractivity contribution in [3.05, 3.63) is 0 Å². The van der Waals surface area contributed by atoms with E-state index in [1.165, 1.54) is 0 Å². The van der Waals surface area contributed by atoms with E-state index < -0.39 is 11.7 Å². The van der Waals surface area contributed by atoms with E-state index in [1.54, 1.807) is 0 Å². The number of rotatable bonds is 0. The van der Waals surface area contributed by atoms with Gasteiger partial charge in [-0.25, -0.2) is 0 Å². The number of aliphatic hydroxyl groups is 1. The zero-order valence-electron chi connectivity index (χ0n) is 9.11. The van der Waals surface area contributed by atoms with Crippen LogP contribution in [0.5, 0.6) is 0 Å². The van der Waals surface area contributed by atoms with E-state index in [0.29, 0.717) is 12.8 Å². The SMILES string of the molecule is C[C@]12CC[C@H]3C[C@](O)(O1)[C@@H](C[C@@H]2I)C(=O)O3. The van der Waals surface area contributed by atoms with Gasteiger partial charge in [0.15, 0.2) is 5.79 Å². The molecule has 3 aliphatic rings. The van der Waals surface area contributed by atoms with E-state index in [0.717, 1.165) is 12.8 Å². The molecule has 90 valence electrons. The second-order valence-corrected chi connectivity index (χ2v) is 6.82. The van der Waals surface area contributed by atoms with Crippen LogP contribution in [-0.2, 0) is 14.3 Å². The summed E-state index contributed by atoms with van der Waals surface area (Å²) in [5, 5.41) is 10.5. The minimum atomic E-state index is -1.28. The number of carbonyl (C=O) groups excluding carboxylic acids is 1. The van der Waals surface area contributed by atoms with Crippen molar-refractivity contribution in [2.75, 3.05) is 0 Å². The van der Waals surface area contributed by atoms with E-state index in [-0.39, 0.29) is 21.6 Å². The van der Waals surface area contributed by atoms with Crippen LogP contribution in [0, 0.1) is 5.92 Å². The van der Waals surface area contributed by atoms with Crippen LogP contribution in [0.3, 0.4) is 0 Å². The first-order valence-corrected chi connectivity index (χ1v) is 6.95. The lowest BCUT2D eigenvalue weighted by molar-refractivity contribution is -0.318. The third-order valence-corrected chi connectivity index (χ3v) is 5.94. The first kappa shape index (κ1) is 11.2. The maximum atomic E-state index is 11.8. The Hall–Kier alpha value is 0.120. The molecule has 3 bridgehead atoms. The Kier molecular flexibility index (Phi) is 2.33. The molecule has 0 amide bonds. The predicted octanol–water partition coefficient (Wildman–Crippen LogP) is 1.38. The van der Waals surface area contributed by atoms with Crippen molar-refractivity contribution in [1.82, 2.24) is 0 Å². The highest BCUT2D eigenvalue weighted by Crippen LogP contribution is 2.51. The van der Waals surface area contributed by atoms with Crippen LogP contribution in [0.4, 0.5) is 0 Å². The fourth-order valence-corrected chi connectivity index (χ4v) is 4.02. The summed E-state index contributed by atoms with van der Waals surface area (Å²) in [6.07, 6.45) is 2.54. The van der Waals surface area contributed by atoms with E-state index in [1.807, 2.05) is 6.92 Å². The third-order valence-electron chi connectivity index (χ3n) is 4.11. The van der Waals surface area contributed by atoms with Gasteiger partial charge in [0.05, 0.1) is 5.60 Å². The van der Waals surface area contributed by atoms with Crippen molar-refractivity contribution >= 4 is 28.6 Å². The Morgan fingerprint density at radius 2 is 2.31 bits per heavy atom. The van der Waals surface area contributed by atoms with E-state index in [4.69, 9.17) is 9.47 Å². The highest BCUT2D eigenvalue weighted by molar-refractivity contribution is 14.1. The minimum Gasteiger partial charge on any atom is -0.462 e. The zero-order chi connectivity index (χ0) is 11.6. The molecule has 0 saturated carbocycles. The van der Waals surface area contributed by atoms with Crippen LogP contribution in [0.25, 0.3) is 0 Å². The van der Waals surface area contributed by atoms with Crippen LogP contribution < -0.4 is 0 Å². The van der Waals surface area contributed by atoms with Gasteiger partial charge in [0.1, 0.15) is 12.0 Å². The van der Waals surface area contributed by atoms with Crippen molar-refractivity contribution < 1.29 is 19.4 Å². The number of halogens is 1. The summed E-state index contributed by atoms with van der Waals surface area (Å²) in [6, 6.07) is 0. The molecule has 1 N–H and O–H groups in total. The van der Waals surface area contributed by atoms with Gasteiger partial charge in [0, 0.05) is 10.3 Å². The molecule has 3 aliphatic heterocycles. The Labute approximate surface area is 108 Å². The maximum Gasteiger partial charge on any atom is 0.314 e. The standard InChI is InChI=1S/C11H15IO4/c1-10-3-2-6-5-11(14,16-10)7(4-8(10)12)9(13)15-6/h6-8,14H,2-5H2,1H3/t6-,7-,8-,10+,11-/m0/s1. The van der Waals surface area contributed by atoms with E-state index in [2.05, 4.69) is 22.6 Å². The molecular formula is C11H15IO4. The molecule has 0 aromatic rings. The van der Waals surface area contributed by atoms with Gasteiger partial charge >= 0.3 is 5.97 Å². The molecule has 16 heavy (non-hydrogen) atoms. The molecule has 0 spiro atoms. The van der Waals surface area contributed by atoms with Gasteiger partial charge in [0.25, 0.3) is 0 Å². The largest absolute Gasteiger partial charge is 0.462 e. The lowest BCUT2D eigenvalue weighted by Crippen LogP contribution is -2.61. The number of esters is 1. The smallest absolute Gasteiger partial charge is 0.314 e. The lowest BCUT2D eigenvalue weighted by Gasteiger charge is -2.50. The summed E-state index contributed by atoms with van der Waals surface area (Å²) in [7, 11) is 0. The van der Waals surface area contributed by atoms with Gasteiger partial charge in [-0.2, -0.15) is 0 Å². The third kappa shape index (κ3) is 1.44. The molecule has 3 fully saturated rings. The van der Waals surface area contributed by atoms with Crippen molar-refractivity contribution in [3.63, 3.8) is 0 Å². The summed E-state index contributed by atoms with van der Waals surface area (Å²) >= 11 is 2.33. The lowest BCUT2D eigenvalue weighted by atomic mass is 9.82. The van der Waals surface area contributed by atoms with E-state index >= 15 is 0 Å². The molecule has 0 unspecified atom stereocenters. The Bertz CT molecular complexity index is 347. The fraction of sp³-hybridized carbons (Fsp3) is 0.909. The molecule has 0 radical (unpaired) electrons. The Morgan fingerprint density at radius 1 is 1.56 bits per heavy atom. The number of hydrogen-bond acceptors (Lipinski definition) is 4. The minimum absolute atomic E-state index is 0.169. The first-order chi connectivity index (χ1) is 7.43. The van der Waals surface area contributed by atoms with Crippen LogP contribution in [0.1, 0.15) is 32.6 Å². The van der Waals surface area contributed by atoms with Gasteiger partial charge in [0.2, 0.25) is 0 Å². The Balaban J connectivity index is 2.05. The average molecular weight is 338 g/mol. The number of fused-ring (bicyclic) bond motifs is 2. The molecule has 3 saturated heterocycles. The van der Waals surface area contributed by atoms with Crippen LogP contribution in [0.2, 0.25) is 0 Å². The zero-order valence-corrected chi connectivity index (χ0v) is 11.3. The second-order valence-electron chi connectivity index (χ2n) is 5.32. The number of ether oxygens (including phenoxy) is 2. The fourth-order valence-electron chi connectivity index (χ4n) is 3.07. The van der Waals surface area contributed by atoms with Gasteiger partial charge in [-0.15, -0.1) is 0 Å². The molecule has 0 aromatic heterocycles. The summed E-state index contributed by atoms with van der Waals surface area (Å²) in [6.45, 7) is 2.03. The number of alkyl halides is 1. The van der Waals surface area contributed by atoms with Gasteiger partial charge in [-0.3, -0.25) is 4.79 Å². The van der Waals surface area contributed by atoms with Gasteiger partial charge in [-0.05, 0) is 26.2 Å². The van der Waals surface area contributed by atoms with Crippen LogP contribution in [0.15, 0.2) is 0 Å². The summed E-state index contributed by atoms with van der Waals surface area (Å²) in [5.74, 6) is -2.08. The molecular weight excluding hydrogens is 323 g/mol. The predicted molar refractivity (Wildman–Crippen MR) is 64.1 cm³/mol. The van der Waals surface area contributed by atoms with Crippen LogP contribution in [-0.4, -0.2) is 32.5 Å². The molecule has 4 nitrogen and oxygen atoms in total. The number of hydrogen-bond donors (Lipinski definition) is 1. The maximum absolute atomic E-state index is 11.8. The van der Waals surface area contributed by atoms with E-state index in [9.17, 15) is 9.90 Å². The van der Waals surface area contributed by atoms with Crippen molar-refractivity contribution in [1.29, 1.82) is 0 Å². The molecule has 0 aliphatic carbocycles.